The fraction of sp³-hybridized carbons (Fsp3) is 0.421. The molecule has 2 aromatic rings. The number of aliphatic hydroxyl groups is 1. The highest BCUT2D eigenvalue weighted by atomic mass is 16.5. The normalized spacial score (nSPS) is 16.6. The quantitative estimate of drug-likeness (QED) is 0.899. The predicted molar refractivity (Wildman–Crippen MR) is 86.7 cm³/mol. The zero-order valence-corrected chi connectivity index (χ0v) is 13.0. The second kappa shape index (κ2) is 6.93. The molecule has 3 heteroatoms. The number of aromatic nitrogens is 1. The summed E-state index contributed by atoms with van der Waals surface area (Å²) >= 11 is 0. The zero-order valence-electron chi connectivity index (χ0n) is 13.0. The topological polar surface area (TPSA) is 42.4 Å². The molecule has 3 rings (SSSR count). The van der Waals surface area contributed by atoms with Gasteiger partial charge in [-0.2, -0.15) is 0 Å². The molecule has 1 aromatic carbocycles. The van der Waals surface area contributed by atoms with Gasteiger partial charge in [0.1, 0.15) is 24.2 Å². The molecule has 1 aromatic heterocycles. The first-order chi connectivity index (χ1) is 10.7. The van der Waals surface area contributed by atoms with Gasteiger partial charge < -0.3 is 9.84 Å². The smallest absolute Gasteiger partial charge is 0.144 e. The van der Waals surface area contributed by atoms with Crippen molar-refractivity contribution in [2.24, 2.45) is 5.92 Å². The third kappa shape index (κ3) is 3.47. The van der Waals surface area contributed by atoms with Crippen LogP contribution in [0, 0.1) is 12.8 Å². The molecule has 3 nitrogen and oxygen atoms in total. The lowest BCUT2D eigenvalue weighted by Crippen LogP contribution is -2.13. The van der Waals surface area contributed by atoms with Gasteiger partial charge in [0.15, 0.2) is 0 Å². The second-order valence-electron chi connectivity index (χ2n) is 6.10. The Morgan fingerprint density at radius 1 is 1.14 bits per heavy atom. The van der Waals surface area contributed by atoms with E-state index in [2.05, 4.69) is 4.98 Å². The summed E-state index contributed by atoms with van der Waals surface area (Å²) in [6.07, 6.45) is 4.04. The van der Waals surface area contributed by atoms with Crippen LogP contribution in [0.5, 0.6) is 5.75 Å². The van der Waals surface area contributed by atoms with Gasteiger partial charge in [0.2, 0.25) is 0 Å². The molecule has 1 saturated carbocycles. The number of nitrogens with zero attached hydrogens (tertiary/aromatic N) is 1. The van der Waals surface area contributed by atoms with Gasteiger partial charge in [-0.05, 0) is 43.4 Å². The minimum absolute atomic E-state index is 0.313. The summed E-state index contributed by atoms with van der Waals surface area (Å²) in [4.78, 5) is 4.55. The van der Waals surface area contributed by atoms with Crippen molar-refractivity contribution >= 4 is 0 Å². The highest BCUT2D eigenvalue weighted by molar-refractivity contribution is 5.32. The van der Waals surface area contributed by atoms with Gasteiger partial charge in [0, 0.05) is 5.69 Å². The van der Waals surface area contributed by atoms with Crippen molar-refractivity contribution in [1.82, 2.24) is 4.98 Å². The van der Waals surface area contributed by atoms with Crippen LogP contribution in [0.4, 0.5) is 0 Å². The van der Waals surface area contributed by atoms with Crippen LogP contribution >= 0.6 is 0 Å². The molecule has 0 spiro atoms. The lowest BCUT2D eigenvalue weighted by Gasteiger charge is -2.20. The summed E-state index contributed by atoms with van der Waals surface area (Å²) in [7, 11) is 0. The van der Waals surface area contributed by atoms with Crippen LogP contribution in [0.1, 0.15) is 48.7 Å². The van der Waals surface area contributed by atoms with Gasteiger partial charge in [0.25, 0.3) is 0 Å². The van der Waals surface area contributed by atoms with E-state index in [9.17, 15) is 5.11 Å². The Hall–Kier alpha value is -1.87. The number of hydrogen-bond acceptors (Lipinski definition) is 3. The van der Waals surface area contributed by atoms with E-state index >= 15 is 0 Å². The van der Waals surface area contributed by atoms with Crippen molar-refractivity contribution in [3.05, 3.63) is 59.4 Å². The summed E-state index contributed by atoms with van der Waals surface area (Å²) < 4.78 is 5.94. The number of aliphatic hydroxyl groups excluding tert-OH is 1. The Bertz CT molecular complexity index is 606. The molecule has 22 heavy (non-hydrogen) atoms. The number of benzene rings is 1. The molecule has 1 fully saturated rings. The van der Waals surface area contributed by atoms with E-state index in [1.165, 1.54) is 12.8 Å². The lowest BCUT2D eigenvalue weighted by molar-refractivity contribution is 0.102. The van der Waals surface area contributed by atoms with Gasteiger partial charge in [0.05, 0.1) is 0 Å². The molecule has 0 saturated heterocycles. The molecule has 0 amide bonds. The summed E-state index contributed by atoms with van der Waals surface area (Å²) in [6, 6.07) is 13.9. The minimum Gasteiger partial charge on any atom is -0.487 e. The van der Waals surface area contributed by atoms with E-state index in [1.807, 2.05) is 49.4 Å². The van der Waals surface area contributed by atoms with E-state index in [0.717, 1.165) is 24.1 Å². The zero-order chi connectivity index (χ0) is 15.4. The lowest BCUT2D eigenvalue weighted by atomic mass is 9.97. The van der Waals surface area contributed by atoms with Crippen LogP contribution in [0.2, 0.25) is 0 Å². The van der Waals surface area contributed by atoms with E-state index in [4.69, 9.17) is 4.74 Å². The molecule has 1 N–H and O–H groups in total. The van der Waals surface area contributed by atoms with E-state index in [1.54, 1.807) is 0 Å². The number of rotatable bonds is 5. The third-order valence-corrected chi connectivity index (χ3v) is 4.39. The van der Waals surface area contributed by atoms with Crippen LogP contribution < -0.4 is 4.74 Å². The maximum Gasteiger partial charge on any atom is 0.144 e. The van der Waals surface area contributed by atoms with Crippen molar-refractivity contribution in [3.63, 3.8) is 0 Å². The predicted octanol–water partition coefficient (Wildman–Crippen LogP) is 4.19. The first-order valence-electron chi connectivity index (χ1n) is 8.06. The first kappa shape index (κ1) is 15.0. The summed E-state index contributed by atoms with van der Waals surface area (Å²) in [5.74, 6) is 1.02. The number of aryl methyl sites for hydroxylation is 1. The monoisotopic (exact) mass is 297 g/mol. The summed E-state index contributed by atoms with van der Waals surface area (Å²) in [5.41, 5.74) is 2.73. The molecule has 116 valence electrons. The highest BCUT2D eigenvalue weighted by Gasteiger charge is 2.28. The van der Waals surface area contributed by atoms with Crippen molar-refractivity contribution in [1.29, 1.82) is 0 Å². The Balaban J connectivity index is 1.78. The first-order valence-corrected chi connectivity index (χ1v) is 8.06. The van der Waals surface area contributed by atoms with Crippen molar-refractivity contribution in [2.45, 2.75) is 45.3 Å². The summed E-state index contributed by atoms with van der Waals surface area (Å²) in [5, 5.41) is 10.7. The fourth-order valence-electron chi connectivity index (χ4n) is 3.13. The molecule has 1 atom stereocenters. The van der Waals surface area contributed by atoms with E-state index < -0.39 is 6.10 Å². The van der Waals surface area contributed by atoms with E-state index in [0.29, 0.717) is 24.0 Å². The average molecular weight is 297 g/mol. The van der Waals surface area contributed by atoms with Gasteiger partial charge in [-0.1, -0.05) is 43.2 Å². The van der Waals surface area contributed by atoms with Crippen LogP contribution in [0.15, 0.2) is 42.5 Å². The SMILES string of the molecule is Cc1ccc(OCc2ccccc2)c(C(O)C2CCCC2)n1. The van der Waals surface area contributed by atoms with Crippen molar-refractivity contribution in [3.8, 4) is 5.75 Å². The molecule has 0 radical (unpaired) electrons. The summed E-state index contributed by atoms with van der Waals surface area (Å²) in [6.45, 7) is 2.45. The van der Waals surface area contributed by atoms with Crippen LogP contribution in [-0.2, 0) is 6.61 Å². The van der Waals surface area contributed by atoms with Gasteiger partial charge in [-0.15, -0.1) is 0 Å². The Morgan fingerprint density at radius 3 is 2.59 bits per heavy atom. The molecular formula is C19H23NO2. The van der Waals surface area contributed by atoms with Crippen molar-refractivity contribution < 1.29 is 9.84 Å². The van der Waals surface area contributed by atoms with Crippen LogP contribution in [0.3, 0.4) is 0 Å². The molecule has 1 aliphatic rings. The molecule has 0 bridgehead atoms. The molecular weight excluding hydrogens is 274 g/mol. The maximum atomic E-state index is 10.7. The largest absolute Gasteiger partial charge is 0.487 e. The fourth-order valence-corrected chi connectivity index (χ4v) is 3.13. The molecule has 1 unspecified atom stereocenters. The van der Waals surface area contributed by atoms with Gasteiger partial charge in [-0.3, -0.25) is 4.98 Å². The Labute approximate surface area is 132 Å². The van der Waals surface area contributed by atoms with Crippen molar-refractivity contribution in [2.75, 3.05) is 0 Å². The maximum absolute atomic E-state index is 10.7. The number of hydrogen-bond donors (Lipinski definition) is 1. The molecule has 0 aliphatic heterocycles. The number of ether oxygens (including phenoxy) is 1. The van der Waals surface area contributed by atoms with Gasteiger partial charge >= 0.3 is 0 Å². The Morgan fingerprint density at radius 2 is 1.86 bits per heavy atom. The molecule has 1 heterocycles. The number of pyridine rings is 1. The average Bonchev–Trinajstić information content (AvgIpc) is 3.08. The minimum atomic E-state index is -0.520. The Kier molecular flexibility index (Phi) is 4.74. The molecule has 1 aliphatic carbocycles. The standard InChI is InChI=1S/C19H23NO2/c1-14-11-12-17(22-13-15-7-3-2-4-8-15)18(20-14)19(21)16-9-5-6-10-16/h2-4,7-8,11-12,16,19,21H,5-6,9-10,13H2,1H3. The van der Waals surface area contributed by atoms with Crippen LogP contribution in [0.25, 0.3) is 0 Å². The van der Waals surface area contributed by atoms with Gasteiger partial charge in [-0.25, -0.2) is 0 Å². The van der Waals surface area contributed by atoms with E-state index in [-0.39, 0.29) is 0 Å². The highest BCUT2D eigenvalue weighted by Crippen LogP contribution is 2.38. The van der Waals surface area contributed by atoms with Crippen LogP contribution in [-0.4, -0.2) is 10.1 Å². The second-order valence-corrected chi connectivity index (χ2v) is 6.10. The third-order valence-electron chi connectivity index (χ3n) is 4.39.